The Bertz CT molecular complexity index is 764. The van der Waals surface area contributed by atoms with Crippen LogP contribution in [0.5, 0.6) is 0 Å². The predicted octanol–water partition coefficient (Wildman–Crippen LogP) is 3.37. The quantitative estimate of drug-likeness (QED) is 0.802. The highest BCUT2D eigenvalue weighted by Crippen LogP contribution is 2.19. The second kappa shape index (κ2) is 9.04. The van der Waals surface area contributed by atoms with Crippen molar-refractivity contribution < 1.29 is 9.59 Å². The van der Waals surface area contributed by atoms with Crippen molar-refractivity contribution in [1.82, 2.24) is 4.90 Å². The number of nitrogens with one attached hydrogen (secondary N) is 2. The first-order chi connectivity index (χ1) is 12.4. The first kappa shape index (κ1) is 19.5. The lowest BCUT2D eigenvalue weighted by molar-refractivity contribution is -0.128. The molecule has 138 valence electrons. The van der Waals surface area contributed by atoms with E-state index in [1.54, 1.807) is 19.0 Å². The Hall–Kier alpha value is -2.82. The second-order valence-corrected chi connectivity index (χ2v) is 6.66. The minimum absolute atomic E-state index is 0.0947. The normalized spacial score (nSPS) is 10.3. The zero-order valence-electron chi connectivity index (χ0n) is 15.9. The van der Waals surface area contributed by atoms with Gasteiger partial charge in [0, 0.05) is 31.9 Å². The van der Waals surface area contributed by atoms with Gasteiger partial charge in [-0.25, -0.2) is 0 Å². The molecule has 26 heavy (non-hydrogen) atoms. The molecule has 2 rings (SSSR count). The van der Waals surface area contributed by atoms with Gasteiger partial charge in [-0.3, -0.25) is 9.59 Å². The van der Waals surface area contributed by atoms with E-state index in [2.05, 4.69) is 10.6 Å². The van der Waals surface area contributed by atoms with Gasteiger partial charge in [-0.2, -0.15) is 0 Å². The third-order valence-corrected chi connectivity index (χ3v) is 4.24. The van der Waals surface area contributed by atoms with E-state index >= 15 is 0 Å². The SMILES string of the molecule is Cc1cccc(C)c1NCC(=O)Nc1cccc(CCC(=O)N(C)C)c1. The summed E-state index contributed by atoms with van der Waals surface area (Å²) in [5.74, 6) is -0.00795. The van der Waals surface area contributed by atoms with Gasteiger partial charge in [-0.1, -0.05) is 30.3 Å². The van der Waals surface area contributed by atoms with Crippen LogP contribution in [0.15, 0.2) is 42.5 Å². The molecule has 2 aromatic carbocycles. The summed E-state index contributed by atoms with van der Waals surface area (Å²) >= 11 is 0. The molecule has 0 saturated heterocycles. The Morgan fingerprint density at radius 2 is 1.65 bits per heavy atom. The summed E-state index contributed by atoms with van der Waals surface area (Å²) in [6.07, 6.45) is 1.11. The number of hydrogen-bond donors (Lipinski definition) is 2. The third-order valence-electron chi connectivity index (χ3n) is 4.24. The number of aryl methyl sites for hydroxylation is 3. The van der Waals surface area contributed by atoms with Crippen molar-refractivity contribution in [1.29, 1.82) is 0 Å². The van der Waals surface area contributed by atoms with Gasteiger partial charge in [0.15, 0.2) is 0 Å². The van der Waals surface area contributed by atoms with Gasteiger partial charge in [0.1, 0.15) is 0 Å². The Balaban J connectivity index is 1.91. The minimum Gasteiger partial charge on any atom is -0.376 e. The van der Waals surface area contributed by atoms with Gasteiger partial charge >= 0.3 is 0 Å². The molecule has 2 amide bonds. The van der Waals surface area contributed by atoms with Crippen molar-refractivity contribution in [3.8, 4) is 0 Å². The monoisotopic (exact) mass is 353 g/mol. The molecule has 0 aliphatic heterocycles. The van der Waals surface area contributed by atoms with Crippen LogP contribution in [0, 0.1) is 13.8 Å². The summed E-state index contributed by atoms with van der Waals surface area (Å²) in [4.78, 5) is 25.5. The van der Waals surface area contributed by atoms with Gasteiger partial charge in [0.25, 0.3) is 0 Å². The summed E-state index contributed by atoms with van der Waals surface area (Å²) in [6, 6.07) is 13.7. The number of carbonyl (C=O) groups excluding carboxylic acids is 2. The molecular weight excluding hydrogens is 326 g/mol. The van der Waals surface area contributed by atoms with Crippen LogP contribution in [-0.2, 0) is 16.0 Å². The fourth-order valence-corrected chi connectivity index (χ4v) is 2.75. The Morgan fingerprint density at radius 3 is 2.31 bits per heavy atom. The van der Waals surface area contributed by atoms with Crippen LogP contribution < -0.4 is 10.6 Å². The maximum Gasteiger partial charge on any atom is 0.243 e. The van der Waals surface area contributed by atoms with Gasteiger partial charge in [0.05, 0.1) is 6.54 Å². The van der Waals surface area contributed by atoms with Crippen LogP contribution >= 0.6 is 0 Å². The molecule has 0 aromatic heterocycles. The second-order valence-electron chi connectivity index (χ2n) is 6.66. The molecule has 0 aliphatic rings. The van der Waals surface area contributed by atoms with E-state index in [0.29, 0.717) is 12.8 Å². The molecular formula is C21H27N3O2. The van der Waals surface area contributed by atoms with Crippen molar-refractivity contribution in [2.24, 2.45) is 0 Å². The predicted molar refractivity (Wildman–Crippen MR) is 106 cm³/mol. The van der Waals surface area contributed by atoms with Crippen LogP contribution in [0.2, 0.25) is 0 Å². The summed E-state index contributed by atoms with van der Waals surface area (Å²) in [6.45, 7) is 4.24. The summed E-state index contributed by atoms with van der Waals surface area (Å²) in [5, 5.41) is 6.11. The lowest BCUT2D eigenvalue weighted by Crippen LogP contribution is -2.22. The van der Waals surface area contributed by atoms with Crippen LogP contribution in [-0.4, -0.2) is 37.4 Å². The van der Waals surface area contributed by atoms with Crippen LogP contribution in [0.1, 0.15) is 23.1 Å². The highest BCUT2D eigenvalue weighted by Gasteiger charge is 2.08. The lowest BCUT2D eigenvalue weighted by Gasteiger charge is -2.13. The fourth-order valence-electron chi connectivity index (χ4n) is 2.75. The molecule has 0 atom stereocenters. The van der Waals surface area contributed by atoms with Crippen molar-refractivity contribution >= 4 is 23.2 Å². The van der Waals surface area contributed by atoms with Crippen molar-refractivity contribution in [3.05, 3.63) is 59.2 Å². The molecule has 2 N–H and O–H groups in total. The average molecular weight is 353 g/mol. The summed E-state index contributed by atoms with van der Waals surface area (Å²) < 4.78 is 0. The van der Waals surface area contributed by atoms with Crippen LogP contribution in [0.3, 0.4) is 0 Å². The molecule has 0 aliphatic carbocycles. The van der Waals surface area contributed by atoms with E-state index < -0.39 is 0 Å². The number of nitrogens with zero attached hydrogens (tertiary/aromatic N) is 1. The highest BCUT2D eigenvalue weighted by atomic mass is 16.2. The molecule has 5 nitrogen and oxygen atoms in total. The van der Waals surface area contributed by atoms with Gasteiger partial charge in [0.2, 0.25) is 11.8 Å². The molecule has 0 spiro atoms. The third kappa shape index (κ3) is 5.62. The summed E-state index contributed by atoms with van der Waals surface area (Å²) in [5.41, 5.74) is 5.00. The number of carbonyl (C=O) groups is 2. The highest BCUT2D eigenvalue weighted by molar-refractivity contribution is 5.94. The van der Waals surface area contributed by atoms with E-state index in [-0.39, 0.29) is 18.4 Å². The van der Waals surface area contributed by atoms with E-state index in [1.165, 1.54) is 0 Å². The first-order valence-electron chi connectivity index (χ1n) is 8.76. The molecule has 0 heterocycles. The number of hydrogen-bond acceptors (Lipinski definition) is 3. The van der Waals surface area contributed by atoms with Gasteiger partial charge in [-0.15, -0.1) is 0 Å². The smallest absolute Gasteiger partial charge is 0.243 e. The van der Waals surface area contributed by atoms with E-state index in [0.717, 1.165) is 28.1 Å². The molecule has 0 unspecified atom stereocenters. The van der Waals surface area contributed by atoms with Crippen molar-refractivity contribution in [2.75, 3.05) is 31.3 Å². The van der Waals surface area contributed by atoms with Crippen molar-refractivity contribution in [2.45, 2.75) is 26.7 Å². The zero-order chi connectivity index (χ0) is 19.1. The van der Waals surface area contributed by atoms with E-state index in [1.807, 2.05) is 56.3 Å². The minimum atomic E-state index is -0.103. The molecule has 0 radical (unpaired) electrons. The average Bonchev–Trinajstić information content (AvgIpc) is 2.59. The number of rotatable bonds is 7. The molecule has 0 fully saturated rings. The Kier molecular flexibility index (Phi) is 6.78. The number of anilines is 2. The van der Waals surface area contributed by atoms with Gasteiger partial charge < -0.3 is 15.5 Å². The molecule has 5 heteroatoms. The number of benzene rings is 2. The Morgan fingerprint density at radius 1 is 1.00 bits per heavy atom. The molecule has 0 bridgehead atoms. The zero-order valence-corrected chi connectivity index (χ0v) is 15.9. The topological polar surface area (TPSA) is 61.4 Å². The Labute approximate surface area is 155 Å². The maximum atomic E-state index is 12.2. The van der Waals surface area contributed by atoms with Gasteiger partial charge in [-0.05, 0) is 49.1 Å². The van der Waals surface area contributed by atoms with E-state index in [4.69, 9.17) is 0 Å². The standard InChI is InChI=1S/C21H27N3O2/c1-15-7-5-8-16(2)21(15)22-14-19(25)23-18-10-6-9-17(13-18)11-12-20(26)24(3)4/h5-10,13,22H,11-12,14H2,1-4H3,(H,23,25). The first-order valence-corrected chi connectivity index (χ1v) is 8.76. The van der Waals surface area contributed by atoms with E-state index in [9.17, 15) is 9.59 Å². The number of para-hydroxylation sites is 1. The molecule has 0 saturated carbocycles. The van der Waals surface area contributed by atoms with Crippen LogP contribution in [0.25, 0.3) is 0 Å². The fraction of sp³-hybridized carbons (Fsp3) is 0.333. The van der Waals surface area contributed by atoms with Crippen molar-refractivity contribution in [3.63, 3.8) is 0 Å². The van der Waals surface area contributed by atoms with Crippen LogP contribution in [0.4, 0.5) is 11.4 Å². The molecule has 2 aromatic rings. The summed E-state index contributed by atoms with van der Waals surface area (Å²) in [7, 11) is 3.50. The lowest BCUT2D eigenvalue weighted by atomic mass is 10.1. The maximum absolute atomic E-state index is 12.2. The largest absolute Gasteiger partial charge is 0.376 e. The number of amides is 2.